The van der Waals surface area contributed by atoms with Crippen LogP contribution < -0.4 is 0 Å². The van der Waals surface area contributed by atoms with Crippen LogP contribution in [0.15, 0.2) is 12.2 Å². The number of aliphatic hydroxyl groups is 1. The van der Waals surface area contributed by atoms with E-state index in [4.69, 9.17) is 14.6 Å². The number of hydrogen-bond acceptors (Lipinski definition) is 3. The van der Waals surface area contributed by atoms with Gasteiger partial charge in [0.2, 0.25) is 0 Å². The smallest absolute Gasteiger partial charge is 0.163 e. The highest BCUT2D eigenvalue weighted by atomic mass is 16.7. The molecule has 0 saturated carbocycles. The lowest BCUT2D eigenvalue weighted by atomic mass is 10.2. The molecule has 12 heavy (non-hydrogen) atoms. The van der Waals surface area contributed by atoms with Crippen LogP contribution in [0.1, 0.15) is 20.3 Å². The lowest BCUT2D eigenvalue weighted by Crippen LogP contribution is -2.31. The summed E-state index contributed by atoms with van der Waals surface area (Å²) in [5.41, 5.74) is 0. The molecular formula is C9H16O3. The van der Waals surface area contributed by atoms with E-state index >= 15 is 0 Å². The van der Waals surface area contributed by atoms with E-state index < -0.39 is 5.79 Å². The van der Waals surface area contributed by atoms with Gasteiger partial charge in [0.25, 0.3) is 0 Å². The zero-order valence-corrected chi connectivity index (χ0v) is 7.78. The summed E-state index contributed by atoms with van der Waals surface area (Å²) in [7, 11) is 1.61. The van der Waals surface area contributed by atoms with Crippen LogP contribution in [-0.4, -0.2) is 30.2 Å². The second-order valence-electron chi connectivity index (χ2n) is 3.45. The minimum atomic E-state index is -0.570. The molecule has 0 aliphatic heterocycles. The van der Waals surface area contributed by atoms with Crippen molar-refractivity contribution in [1.82, 2.24) is 0 Å². The zero-order chi connectivity index (χ0) is 9.19. The van der Waals surface area contributed by atoms with Crippen LogP contribution in [0.4, 0.5) is 0 Å². The SMILES string of the molecule is COC(C)(C)O[C@H]1C=C[C@@H](O)C1. The van der Waals surface area contributed by atoms with Crippen LogP contribution in [0.2, 0.25) is 0 Å². The summed E-state index contributed by atoms with van der Waals surface area (Å²) in [4.78, 5) is 0. The third-order valence-corrected chi connectivity index (χ3v) is 1.95. The number of hydrogen-bond donors (Lipinski definition) is 1. The molecule has 2 atom stereocenters. The van der Waals surface area contributed by atoms with Gasteiger partial charge in [-0.15, -0.1) is 0 Å². The Bertz CT molecular complexity index is 175. The van der Waals surface area contributed by atoms with Gasteiger partial charge in [-0.3, -0.25) is 0 Å². The van der Waals surface area contributed by atoms with E-state index in [1.54, 1.807) is 13.2 Å². The van der Waals surface area contributed by atoms with E-state index in [2.05, 4.69) is 0 Å². The van der Waals surface area contributed by atoms with Gasteiger partial charge in [0.15, 0.2) is 5.79 Å². The van der Waals surface area contributed by atoms with E-state index in [-0.39, 0.29) is 12.2 Å². The summed E-state index contributed by atoms with van der Waals surface area (Å²) in [5, 5.41) is 9.16. The summed E-state index contributed by atoms with van der Waals surface area (Å²) in [6, 6.07) is 0. The molecule has 0 unspecified atom stereocenters. The van der Waals surface area contributed by atoms with E-state index in [1.165, 1.54) is 0 Å². The molecule has 70 valence electrons. The molecule has 1 rings (SSSR count). The first-order chi connectivity index (χ1) is 5.53. The largest absolute Gasteiger partial charge is 0.389 e. The molecule has 1 N–H and O–H groups in total. The third-order valence-electron chi connectivity index (χ3n) is 1.95. The van der Waals surface area contributed by atoms with Crippen molar-refractivity contribution in [2.45, 2.75) is 38.3 Å². The molecular weight excluding hydrogens is 156 g/mol. The maximum atomic E-state index is 9.16. The maximum Gasteiger partial charge on any atom is 0.163 e. The van der Waals surface area contributed by atoms with Crippen LogP contribution in [0.25, 0.3) is 0 Å². The minimum absolute atomic E-state index is 0.0186. The highest BCUT2D eigenvalue weighted by Crippen LogP contribution is 2.20. The lowest BCUT2D eigenvalue weighted by Gasteiger charge is -2.26. The maximum absolute atomic E-state index is 9.16. The summed E-state index contributed by atoms with van der Waals surface area (Å²) in [6.45, 7) is 3.71. The van der Waals surface area contributed by atoms with Gasteiger partial charge < -0.3 is 14.6 Å². The fourth-order valence-corrected chi connectivity index (χ4v) is 1.15. The predicted molar refractivity (Wildman–Crippen MR) is 45.7 cm³/mol. The topological polar surface area (TPSA) is 38.7 Å². The van der Waals surface area contributed by atoms with Crippen molar-refractivity contribution in [1.29, 1.82) is 0 Å². The van der Waals surface area contributed by atoms with Crippen molar-refractivity contribution >= 4 is 0 Å². The molecule has 0 fully saturated rings. The van der Waals surface area contributed by atoms with Crippen LogP contribution in [0, 0.1) is 0 Å². The normalized spacial score (nSPS) is 29.7. The van der Waals surface area contributed by atoms with Gasteiger partial charge in [-0.05, 0) is 13.8 Å². The average Bonchev–Trinajstić information content (AvgIpc) is 2.35. The first kappa shape index (κ1) is 9.71. The lowest BCUT2D eigenvalue weighted by molar-refractivity contribution is -0.214. The predicted octanol–water partition coefficient (Wildman–Crippen LogP) is 1.07. The highest BCUT2D eigenvalue weighted by Gasteiger charge is 2.25. The molecule has 3 nitrogen and oxygen atoms in total. The van der Waals surface area contributed by atoms with E-state index in [9.17, 15) is 0 Å². The Morgan fingerprint density at radius 3 is 2.50 bits per heavy atom. The molecule has 0 amide bonds. The Morgan fingerprint density at radius 2 is 2.08 bits per heavy atom. The first-order valence-corrected chi connectivity index (χ1v) is 4.13. The van der Waals surface area contributed by atoms with Gasteiger partial charge >= 0.3 is 0 Å². The van der Waals surface area contributed by atoms with Gasteiger partial charge in [-0.25, -0.2) is 0 Å². The second kappa shape index (κ2) is 3.56. The van der Waals surface area contributed by atoms with Crippen LogP contribution in [-0.2, 0) is 9.47 Å². The Morgan fingerprint density at radius 1 is 1.42 bits per heavy atom. The highest BCUT2D eigenvalue weighted by molar-refractivity contribution is 5.04. The van der Waals surface area contributed by atoms with E-state index in [0.717, 1.165) is 0 Å². The van der Waals surface area contributed by atoms with Crippen molar-refractivity contribution in [3.8, 4) is 0 Å². The van der Waals surface area contributed by atoms with Crippen LogP contribution in [0.5, 0.6) is 0 Å². The number of rotatable bonds is 3. The van der Waals surface area contributed by atoms with Gasteiger partial charge in [-0.1, -0.05) is 12.2 Å². The van der Waals surface area contributed by atoms with Crippen molar-refractivity contribution in [3.63, 3.8) is 0 Å². The number of methoxy groups -OCH3 is 1. The van der Waals surface area contributed by atoms with Crippen molar-refractivity contribution in [2.75, 3.05) is 7.11 Å². The fourth-order valence-electron chi connectivity index (χ4n) is 1.15. The first-order valence-electron chi connectivity index (χ1n) is 4.13. The molecule has 0 saturated heterocycles. The van der Waals surface area contributed by atoms with Gasteiger partial charge in [0.05, 0.1) is 12.2 Å². The van der Waals surface area contributed by atoms with E-state index in [0.29, 0.717) is 6.42 Å². The quantitative estimate of drug-likeness (QED) is 0.511. The summed E-state index contributed by atoms with van der Waals surface area (Å²) in [6.07, 6.45) is 3.87. The Hall–Kier alpha value is -0.380. The van der Waals surface area contributed by atoms with Crippen LogP contribution >= 0.6 is 0 Å². The van der Waals surface area contributed by atoms with Crippen molar-refractivity contribution in [2.24, 2.45) is 0 Å². The van der Waals surface area contributed by atoms with Gasteiger partial charge in [0.1, 0.15) is 0 Å². The van der Waals surface area contributed by atoms with Crippen molar-refractivity contribution < 1.29 is 14.6 Å². The average molecular weight is 172 g/mol. The molecule has 1 aliphatic carbocycles. The van der Waals surface area contributed by atoms with Crippen LogP contribution in [0.3, 0.4) is 0 Å². The number of ether oxygens (including phenoxy) is 2. The fraction of sp³-hybridized carbons (Fsp3) is 0.778. The summed E-state index contributed by atoms with van der Waals surface area (Å²) in [5.74, 6) is -0.570. The minimum Gasteiger partial charge on any atom is -0.389 e. The molecule has 0 spiro atoms. The van der Waals surface area contributed by atoms with E-state index in [1.807, 2.05) is 19.9 Å². The van der Waals surface area contributed by atoms with Gasteiger partial charge in [-0.2, -0.15) is 0 Å². The number of aliphatic hydroxyl groups excluding tert-OH is 1. The Kier molecular flexibility index (Phi) is 2.88. The summed E-state index contributed by atoms with van der Waals surface area (Å²) < 4.78 is 10.6. The molecule has 0 heterocycles. The molecule has 3 heteroatoms. The molecule has 0 aromatic heterocycles. The second-order valence-corrected chi connectivity index (χ2v) is 3.45. The molecule has 0 bridgehead atoms. The Balaban J connectivity index is 2.38. The molecule has 0 aromatic rings. The standard InChI is InChI=1S/C9H16O3/c1-9(2,11-3)12-8-5-4-7(10)6-8/h4-5,7-8,10H,6H2,1-3H3/t7-,8+/m1/s1. The third kappa shape index (κ3) is 2.59. The summed E-state index contributed by atoms with van der Waals surface area (Å²) >= 11 is 0. The van der Waals surface area contributed by atoms with Crippen molar-refractivity contribution in [3.05, 3.63) is 12.2 Å². The monoisotopic (exact) mass is 172 g/mol. The molecule has 0 radical (unpaired) electrons. The molecule has 0 aromatic carbocycles. The Labute approximate surface area is 73.0 Å². The molecule has 1 aliphatic rings. The zero-order valence-electron chi connectivity index (χ0n) is 7.78. The van der Waals surface area contributed by atoms with Gasteiger partial charge in [0, 0.05) is 13.5 Å².